The first-order chi connectivity index (χ1) is 12.1. The number of carbonyl (C=O) groups is 1. The number of amides is 2. The number of ether oxygens (including phenoxy) is 2. The largest absolute Gasteiger partial charge is 0.493 e. The summed E-state index contributed by atoms with van der Waals surface area (Å²) in [4.78, 5) is 12.3. The number of rotatable bonds is 3. The number of anilines is 1. The summed E-state index contributed by atoms with van der Waals surface area (Å²) in [6.07, 6.45) is 1.73. The van der Waals surface area contributed by atoms with E-state index in [-0.39, 0.29) is 6.03 Å². The lowest BCUT2D eigenvalue weighted by molar-refractivity contribution is 0.251. The molecule has 25 heavy (non-hydrogen) atoms. The molecule has 2 amide bonds. The van der Waals surface area contributed by atoms with Crippen LogP contribution < -0.4 is 20.1 Å². The molecule has 0 radical (unpaired) electrons. The molecule has 2 aliphatic heterocycles. The maximum Gasteiger partial charge on any atom is 0.319 e. The molecule has 0 spiro atoms. The molecular formula is C19H19ClN2O3. The zero-order valence-corrected chi connectivity index (χ0v) is 14.7. The Bertz CT molecular complexity index is 819. The van der Waals surface area contributed by atoms with Gasteiger partial charge in [-0.05, 0) is 36.8 Å². The highest BCUT2D eigenvalue weighted by Crippen LogP contribution is 2.40. The van der Waals surface area contributed by atoms with E-state index in [9.17, 15) is 4.79 Å². The van der Waals surface area contributed by atoms with Crippen LogP contribution in [0.1, 0.15) is 22.3 Å². The number of halogens is 1. The molecule has 130 valence electrons. The molecule has 2 aromatic carbocycles. The molecule has 2 aromatic rings. The van der Waals surface area contributed by atoms with E-state index in [2.05, 4.69) is 16.7 Å². The quantitative estimate of drug-likeness (QED) is 0.876. The van der Waals surface area contributed by atoms with Crippen LogP contribution in [0.3, 0.4) is 0 Å². The summed E-state index contributed by atoms with van der Waals surface area (Å²) in [5, 5.41) is 6.44. The molecule has 4 rings (SSSR count). The zero-order valence-electron chi connectivity index (χ0n) is 13.9. The first-order valence-electron chi connectivity index (χ1n) is 8.36. The van der Waals surface area contributed by atoms with Gasteiger partial charge in [0.1, 0.15) is 11.5 Å². The van der Waals surface area contributed by atoms with Crippen molar-refractivity contribution in [2.45, 2.75) is 26.3 Å². The second-order valence-electron chi connectivity index (χ2n) is 6.28. The number of aryl methyl sites for hydroxylation is 1. The Morgan fingerprint density at radius 1 is 1.20 bits per heavy atom. The van der Waals surface area contributed by atoms with Crippen LogP contribution in [0.15, 0.2) is 24.3 Å². The van der Waals surface area contributed by atoms with Gasteiger partial charge in [0.05, 0.1) is 13.2 Å². The van der Waals surface area contributed by atoms with Crippen molar-refractivity contribution in [1.29, 1.82) is 0 Å². The van der Waals surface area contributed by atoms with Gasteiger partial charge in [-0.3, -0.25) is 0 Å². The van der Waals surface area contributed by atoms with Gasteiger partial charge in [0.25, 0.3) is 0 Å². The first-order valence-corrected chi connectivity index (χ1v) is 8.74. The van der Waals surface area contributed by atoms with Gasteiger partial charge in [0.15, 0.2) is 0 Å². The van der Waals surface area contributed by atoms with E-state index in [0.29, 0.717) is 24.8 Å². The van der Waals surface area contributed by atoms with Gasteiger partial charge in [-0.25, -0.2) is 4.79 Å². The molecule has 5 nitrogen and oxygen atoms in total. The Morgan fingerprint density at radius 3 is 2.88 bits per heavy atom. The van der Waals surface area contributed by atoms with Crippen LogP contribution in [0.4, 0.5) is 10.5 Å². The number of fused-ring (bicyclic) bond motifs is 2. The van der Waals surface area contributed by atoms with Gasteiger partial charge in [0.2, 0.25) is 0 Å². The lowest BCUT2D eigenvalue weighted by Crippen LogP contribution is -2.29. The van der Waals surface area contributed by atoms with Gasteiger partial charge in [0, 0.05) is 46.8 Å². The van der Waals surface area contributed by atoms with E-state index in [1.54, 1.807) is 12.1 Å². The van der Waals surface area contributed by atoms with E-state index < -0.39 is 0 Å². The smallest absolute Gasteiger partial charge is 0.319 e. The van der Waals surface area contributed by atoms with Crippen LogP contribution in [-0.2, 0) is 19.4 Å². The maximum absolute atomic E-state index is 12.3. The average Bonchev–Trinajstić information content (AvgIpc) is 3.22. The maximum atomic E-state index is 12.3. The Labute approximate surface area is 151 Å². The molecule has 0 bridgehead atoms. The van der Waals surface area contributed by atoms with E-state index in [1.165, 1.54) is 0 Å². The van der Waals surface area contributed by atoms with Gasteiger partial charge >= 0.3 is 6.03 Å². The lowest BCUT2D eigenvalue weighted by Gasteiger charge is -2.15. The minimum Gasteiger partial charge on any atom is -0.493 e. The molecule has 0 saturated carbocycles. The average molecular weight is 359 g/mol. The van der Waals surface area contributed by atoms with Crippen LogP contribution in [0.25, 0.3) is 0 Å². The number of carbonyl (C=O) groups excluding carboxylic acids is 1. The number of benzene rings is 2. The summed E-state index contributed by atoms with van der Waals surface area (Å²) in [5.41, 5.74) is 4.99. The van der Waals surface area contributed by atoms with Crippen LogP contribution in [0.2, 0.25) is 5.02 Å². The van der Waals surface area contributed by atoms with Crippen molar-refractivity contribution in [2.24, 2.45) is 0 Å². The third kappa shape index (κ3) is 3.12. The van der Waals surface area contributed by atoms with Gasteiger partial charge in [-0.15, -0.1) is 0 Å². The summed E-state index contributed by atoms with van der Waals surface area (Å²) >= 11 is 5.95. The van der Waals surface area contributed by atoms with Crippen molar-refractivity contribution in [3.05, 3.63) is 51.5 Å². The highest BCUT2D eigenvalue weighted by molar-refractivity contribution is 6.30. The Hall–Kier alpha value is -2.40. The van der Waals surface area contributed by atoms with Crippen molar-refractivity contribution in [2.75, 3.05) is 18.5 Å². The Balaban J connectivity index is 1.49. The molecule has 0 saturated heterocycles. The molecular weight excluding hydrogens is 340 g/mol. The van der Waals surface area contributed by atoms with E-state index in [0.717, 1.165) is 52.3 Å². The monoisotopic (exact) mass is 358 g/mol. The molecule has 2 heterocycles. The molecule has 0 aliphatic carbocycles. The van der Waals surface area contributed by atoms with Crippen LogP contribution in [0.5, 0.6) is 11.5 Å². The predicted molar refractivity (Wildman–Crippen MR) is 96.9 cm³/mol. The number of nitrogens with one attached hydrogen (secondary N) is 2. The number of hydrogen-bond donors (Lipinski definition) is 2. The van der Waals surface area contributed by atoms with E-state index in [4.69, 9.17) is 21.1 Å². The second kappa shape index (κ2) is 6.48. The Kier molecular flexibility index (Phi) is 4.17. The zero-order chi connectivity index (χ0) is 17.4. The first kappa shape index (κ1) is 16.1. The van der Waals surface area contributed by atoms with Crippen molar-refractivity contribution >= 4 is 23.3 Å². The third-order valence-corrected chi connectivity index (χ3v) is 4.86. The lowest BCUT2D eigenvalue weighted by atomic mass is 9.99. The molecule has 0 aromatic heterocycles. The topological polar surface area (TPSA) is 59.6 Å². The molecule has 6 heteroatoms. The van der Waals surface area contributed by atoms with E-state index >= 15 is 0 Å². The fourth-order valence-corrected chi connectivity index (χ4v) is 3.60. The summed E-state index contributed by atoms with van der Waals surface area (Å²) < 4.78 is 11.5. The van der Waals surface area contributed by atoms with Crippen molar-refractivity contribution in [3.8, 4) is 11.5 Å². The number of hydrogen-bond acceptors (Lipinski definition) is 3. The molecule has 2 N–H and O–H groups in total. The minimum absolute atomic E-state index is 0.256. The van der Waals surface area contributed by atoms with Crippen molar-refractivity contribution in [1.82, 2.24) is 5.32 Å². The number of urea groups is 1. The van der Waals surface area contributed by atoms with Crippen LogP contribution in [-0.4, -0.2) is 19.2 Å². The third-order valence-electron chi connectivity index (χ3n) is 4.62. The normalized spacial score (nSPS) is 14.3. The SMILES string of the molecule is Cc1cc(Cl)ccc1NC(=O)NCc1c2c(cc3c1OCC3)OCC2. The van der Waals surface area contributed by atoms with Gasteiger partial charge < -0.3 is 20.1 Å². The van der Waals surface area contributed by atoms with Crippen LogP contribution >= 0.6 is 11.6 Å². The fraction of sp³-hybridized carbons (Fsp3) is 0.316. The molecule has 2 aliphatic rings. The van der Waals surface area contributed by atoms with Crippen molar-refractivity contribution in [3.63, 3.8) is 0 Å². The summed E-state index contributed by atoms with van der Waals surface area (Å²) in [6, 6.07) is 7.19. The Morgan fingerprint density at radius 2 is 2.04 bits per heavy atom. The molecule has 0 unspecified atom stereocenters. The van der Waals surface area contributed by atoms with E-state index in [1.807, 2.05) is 13.0 Å². The van der Waals surface area contributed by atoms with Crippen LogP contribution in [0, 0.1) is 6.92 Å². The highest BCUT2D eigenvalue weighted by atomic mass is 35.5. The summed E-state index contributed by atoms with van der Waals surface area (Å²) in [7, 11) is 0. The molecule has 0 atom stereocenters. The standard InChI is InChI=1S/C19H19ClN2O3/c1-11-8-13(20)2-3-16(11)22-19(23)21-10-15-14-5-7-24-17(14)9-12-4-6-25-18(12)15/h2-3,8-9H,4-7,10H2,1H3,(H2,21,22,23). The molecule has 0 fully saturated rings. The van der Waals surface area contributed by atoms with Crippen molar-refractivity contribution < 1.29 is 14.3 Å². The second-order valence-corrected chi connectivity index (χ2v) is 6.72. The minimum atomic E-state index is -0.256. The van der Waals surface area contributed by atoms with Gasteiger partial charge in [-0.2, -0.15) is 0 Å². The fourth-order valence-electron chi connectivity index (χ4n) is 3.37. The predicted octanol–water partition coefficient (Wildman–Crippen LogP) is 3.84. The highest BCUT2D eigenvalue weighted by Gasteiger charge is 2.26. The summed E-state index contributed by atoms with van der Waals surface area (Å²) in [6.45, 7) is 3.68. The van der Waals surface area contributed by atoms with Gasteiger partial charge in [-0.1, -0.05) is 11.6 Å². The summed E-state index contributed by atoms with van der Waals surface area (Å²) in [5.74, 6) is 1.84.